The van der Waals surface area contributed by atoms with Crippen molar-refractivity contribution in [2.45, 2.75) is 18.0 Å². The molecular formula is C20H20F3N3O3S. The van der Waals surface area contributed by atoms with Gasteiger partial charge in [0, 0.05) is 37.1 Å². The predicted octanol–water partition coefficient (Wildman–Crippen LogP) is 4.36. The molecule has 0 spiro atoms. The quantitative estimate of drug-likeness (QED) is 0.393. The zero-order chi connectivity index (χ0) is 21.9. The van der Waals surface area contributed by atoms with E-state index >= 15 is 0 Å². The molecule has 0 saturated carbocycles. The number of carbonyl (C=O) groups excluding carboxylic acids is 1. The molecule has 0 unspecified atom stereocenters. The van der Waals surface area contributed by atoms with E-state index in [1.807, 2.05) is 31.2 Å². The van der Waals surface area contributed by atoms with Gasteiger partial charge in [-0.05, 0) is 31.2 Å². The Morgan fingerprint density at radius 2 is 1.73 bits per heavy atom. The minimum atomic E-state index is -4.65. The lowest BCUT2D eigenvalue weighted by atomic mass is 10.1. The van der Waals surface area contributed by atoms with E-state index in [9.17, 15) is 28.1 Å². The number of thioether (sulfide) groups is 1. The topological polar surface area (TPSA) is 66.7 Å². The van der Waals surface area contributed by atoms with E-state index in [0.717, 1.165) is 22.6 Å². The molecule has 30 heavy (non-hydrogen) atoms. The van der Waals surface area contributed by atoms with Crippen molar-refractivity contribution in [2.75, 3.05) is 36.8 Å². The first-order chi connectivity index (χ1) is 14.1. The fourth-order valence-corrected chi connectivity index (χ4v) is 3.98. The number of hydrogen-bond acceptors (Lipinski definition) is 5. The van der Waals surface area contributed by atoms with Crippen LogP contribution in [0.1, 0.15) is 11.1 Å². The van der Waals surface area contributed by atoms with Crippen LogP contribution < -0.4 is 4.90 Å². The minimum absolute atomic E-state index is 0.0397. The van der Waals surface area contributed by atoms with Crippen LogP contribution >= 0.6 is 11.8 Å². The molecule has 2 aromatic carbocycles. The number of carbonyl (C=O) groups is 1. The maximum absolute atomic E-state index is 12.9. The van der Waals surface area contributed by atoms with Gasteiger partial charge in [0.1, 0.15) is 5.69 Å². The molecule has 0 N–H and O–H groups in total. The summed E-state index contributed by atoms with van der Waals surface area (Å²) < 4.78 is 38.6. The van der Waals surface area contributed by atoms with Gasteiger partial charge in [-0.25, -0.2) is 0 Å². The van der Waals surface area contributed by atoms with Gasteiger partial charge in [0.25, 0.3) is 5.69 Å². The summed E-state index contributed by atoms with van der Waals surface area (Å²) in [5, 5.41) is 11.3. The molecule has 3 rings (SSSR count). The number of benzene rings is 2. The number of aryl methyl sites for hydroxylation is 1. The summed E-state index contributed by atoms with van der Waals surface area (Å²) in [6.07, 6.45) is -4.65. The summed E-state index contributed by atoms with van der Waals surface area (Å²) in [5.41, 5.74) is -0.368. The lowest BCUT2D eigenvalue weighted by Crippen LogP contribution is -2.49. The highest BCUT2D eigenvalue weighted by Gasteiger charge is 2.34. The smallest absolute Gasteiger partial charge is 0.362 e. The lowest BCUT2D eigenvalue weighted by Gasteiger charge is -2.35. The Bertz CT molecular complexity index is 927. The van der Waals surface area contributed by atoms with Crippen molar-refractivity contribution in [3.05, 3.63) is 63.7 Å². The highest BCUT2D eigenvalue weighted by Crippen LogP contribution is 2.36. The highest BCUT2D eigenvalue weighted by atomic mass is 32.2. The molecule has 0 atom stereocenters. The van der Waals surface area contributed by atoms with Crippen molar-refractivity contribution in [1.82, 2.24) is 4.90 Å². The van der Waals surface area contributed by atoms with E-state index in [-0.39, 0.29) is 17.3 Å². The van der Waals surface area contributed by atoms with Crippen LogP contribution in [-0.2, 0) is 11.0 Å². The molecular weight excluding hydrogens is 419 g/mol. The first-order valence-corrected chi connectivity index (χ1v) is 10.2. The summed E-state index contributed by atoms with van der Waals surface area (Å²) in [6.45, 7) is 3.32. The van der Waals surface area contributed by atoms with Gasteiger partial charge in [-0.1, -0.05) is 17.7 Å². The first kappa shape index (κ1) is 21.9. The lowest BCUT2D eigenvalue weighted by molar-refractivity contribution is -0.384. The standard InChI is InChI=1S/C20H20F3N3O3S/c1-14-2-5-16(6-3-14)30-13-19(27)25-10-8-24(9-11-25)17-7-4-15(20(21,22)23)12-18(17)26(28)29/h2-7,12H,8-11,13H2,1H3. The number of hydrogen-bond donors (Lipinski definition) is 0. The third-order valence-electron chi connectivity index (χ3n) is 4.86. The Kier molecular flexibility index (Phi) is 6.55. The molecule has 1 heterocycles. The molecule has 0 radical (unpaired) electrons. The number of alkyl halides is 3. The van der Waals surface area contributed by atoms with Gasteiger partial charge in [0.05, 0.1) is 16.2 Å². The van der Waals surface area contributed by atoms with Gasteiger partial charge in [0.2, 0.25) is 5.91 Å². The number of piperazine rings is 1. The molecule has 160 valence electrons. The van der Waals surface area contributed by atoms with Crippen LogP contribution in [0.3, 0.4) is 0 Å². The van der Waals surface area contributed by atoms with Crippen molar-refractivity contribution < 1.29 is 22.9 Å². The summed E-state index contributed by atoms with van der Waals surface area (Å²) in [5.74, 6) is 0.242. The fourth-order valence-electron chi connectivity index (χ4n) is 3.18. The molecule has 1 amide bonds. The van der Waals surface area contributed by atoms with Crippen LogP contribution in [0.5, 0.6) is 0 Å². The van der Waals surface area contributed by atoms with Gasteiger partial charge in [-0.2, -0.15) is 13.2 Å². The van der Waals surface area contributed by atoms with Gasteiger partial charge in [-0.15, -0.1) is 11.8 Å². The normalized spacial score (nSPS) is 14.7. The van der Waals surface area contributed by atoms with Crippen molar-refractivity contribution in [2.24, 2.45) is 0 Å². The number of anilines is 1. The number of nitro groups is 1. The van der Waals surface area contributed by atoms with Crippen LogP contribution in [0, 0.1) is 17.0 Å². The third kappa shape index (κ3) is 5.24. The molecule has 0 aliphatic carbocycles. The van der Waals surface area contributed by atoms with Crippen LogP contribution in [-0.4, -0.2) is 47.7 Å². The average molecular weight is 439 g/mol. The van der Waals surface area contributed by atoms with E-state index in [1.165, 1.54) is 11.8 Å². The number of nitro benzene ring substituents is 1. The Labute approximate surface area is 175 Å². The average Bonchev–Trinajstić information content (AvgIpc) is 2.72. The van der Waals surface area contributed by atoms with Crippen LogP contribution in [0.4, 0.5) is 24.5 Å². The van der Waals surface area contributed by atoms with Gasteiger partial charge >= 0.3 is 6.18 Å². The summed E-state index contributed by atoms with van der Waals surface area (Å²) >= 11 is 1.44. The van der Waals surface area contributed by atoms with E-state index in [4.69, 9.17) is 0 Å². The second kappa shape index (κ2) is 8.95. The monoisotopic (exact) mass is 439 g/mol. The van der Waals surface area contributed by atoms with Crippen LogP contribution in [0.25, 0.3) is 0 Å². The Morgan fingerprint density at radius 3 is 2.30 bits per heavy atom. The molecule has 1 saturated heterocycles. The molecule has 1 aliphatic heterocycles. The van der Waals surface area contributed by atoms with Crippen molar-refractivity contribution in [3.8, 4) is 0 Å². The highest BCUT2D eigenvalue weighted by molar-refractivity contribution is 8.00. The molecule has 0 aromatic heterocycles. The van der Waals surface area contributed by atoms with Crippen molar-refractivity contribution >= 4 is 29.0 Å². The first-order valence-electron chi connectivity index (χ1n) is 9.23. The SMILES string of the molecule is Cc1ccc(SCC(=O)N2CCN(c3ccc(C(F)(F)F)cc3[N+](=O)[O-])CC2)cc1. The van der Waals surface area contributed by atoms with Gasteiger partial charge in [0.15, 0.2) is 0 Å². The zero-order valence-corrected chi connectivity index (χ0v) is 17.0. The third-order valence-corrected chi connectivity index (χ3v) is 5.85. The molecule has 6 nitrogen and oxygen atoms in total. The van der Waals surface area contributed by atoms with E-state index < -0.39 is 22.4 Å². The summed E-state index contributed by atoms with van der Waals surface area (Å²) in [6, 6.07) is 10.4. The summed E-state index contributed by atoms with van der Waals surface area (Å²) in [4.78, 5) is 27.3. The maximum atomic E-state index is 12.9. The number of amides is 1. The van der Waals surface area contributed by atoms with Gasteiger partial charge < -0.3 is 9.80 Å². The number of rotatable bonds is 5. The molecule has 0 bridgehead atoms. The van der Waals surface area contributed by atoms with Crippen LogP contribution in [0.15, 0.2) is 47.4 Å². The molecule has 10 heteroatoms. The van der Waals surface area contributed by atoms with Gasteiger partial charge in [-0.3, -0.25) is 14.9 Å². The second-order valence-electron chi connectivity index (χ2n) is 6.93. The van der Waals surface area contributed by atoms with E-state index in [1.54, 1.807) is 9.80 Å². The number of nitrogens with zero attached hydrogens (tertiary/aromatic N) is 3. The maximum Gasteiger partial charge on any atom is 0.416 e. The van der Waals surface area contributed by atoms with Crippen molar-refractivity contribution in [1.29, 1.82) is 0 Å². The molecule has 1 aliphatic rings. The summed E-state index contributed by atoms with van der Waals surface area (Å²) in [7, 11) is 0. The Hall–Kier alpha value is -2.75. The van der Waals surface area contributed by atoms with Crippen LogP contribution in [0.2, 0.25) is 0 Å². The Morgan fingerprint density at radius 1 is 1.10 bits per heavy atom. The van der Waals surface area contributed by atoms with E-state index in [0.29, 0.717) is 32.2 Å². The molecule has 1 fully saturated rings. The Balaban J connectivity index is 1.61. The second-order valence-corrected chi connectivity index (χ2v) is 7.98. The molecule has 2 aromatic rings. The number of halogens is 3. The zero-order valence-electron chi connectivity index (χ0n) is 16.2. The largest absolute Gasteiger partial charge is 0.416 e. The predicted molar refractivity (Wildman–Crippen MR) is 109 cm³/mol. The minimum Gasteiger partial charge on any atom is -0.362 e. The fraction of sp³-hybridized carbons (Fsp3) is 0.350. The van der Waals surface area contributed by atoms with E-state index in [2.05, 4.69) is 0 Å². The van der Waals surface area contributed by atoms with Crippen molar-refractivity contribution in [3.63, 3.8) is 0 Å².